The molecule has 0 spiro atoms. The van der Waals surface area contributed by atoms with E-state index in [4.69, 9.17) is 4.74 Å². The third-order valence-electron chi connectivity index (χ3n) is 2.45. The molecule has 19 heavy (non-hydrogen) atoms. The van der Waals surface area contributed by atoms with Gasteiger partial charge in [-0.1, -0.05) is 30.0 Å². The van der Waals surface area contributed by atoms with Crippen LogP contribution in [0.25, 0.3) is 5.69 Å². The van der Waals surface area contributed by atoms with Gasteiger partial charge >= 0.3 is 0 Å². The highest BCUT2D eigenvalue weighted by molar-refractivity contribution is 7.99. The van der Waals surface area contributed by atoms with Gasteiger partial charge < -0.3 is 4.74 Å². The van der Waals surface area contributed by atoms with E-state index in [1.807, 2.05) is 32.0 Å². The molecule has 0 N–H and O–H groups in total. The lowest BCUT2D eigenvalue weighted by molar-refractivity contribution is 0.410. The summed E-state index contributed by atoms with van der Waals surface area (Å²) in [6.45, 7) is 7.88. The molecule has 0 fully saturated rings. The van der Waals surface area contributed by atoms with Gasteiger partial charge in [0.15, 0.2) is 0 Å². The molecular formula is C13H16N4OS. The second-order valence-corrected chi connectivity index (χ2v) is 5.24. The molecule has 2 rings (SSSR count). The molecule has 0 aliphatic carbocycles. The van der Waals surface area contributed by atoms with Gasteiger partial charge in [-0.15, -0.1) is 5.10 Å². The average Bonchev–Trinajstić information content (AvgIpc) is 2.84. The largest absolute Gasteiger partial charge is 0.494 e. The molecule has 100 valence electrons. The summed E-state index contributed by atoms with van der Waals surface area (Å²) < 4.78 is 7.06. The maximum Gasteiger partial charge on any atom is 0.214 e. The van der Waals surface area contributed by atoms with Crippen molar-refractivity contribution < 1.29 is 4.74 Å². The van der Waals surface area contributed by atoms with E-state index in [-0.39, 0.29) is 0 Å². The van der Waals surface area contributed by atoms with Gasteiger partial charge in [0.2, 0.25) is 5.16 Å². The molecule has 0 amide bonds. The molecule has 1 heterocycles. The maximum absolute atomic E-state index is 5.36. The van der Waals surface area contributed by atoms with Crippen molar-refractivity contribution in [2.45, 2.75) is 19.0 Å². The highest BCUT2D eigenvalue weighted by atomic mass is 32.2. The van der Waals surface area contributed by atoms with Crippen LogP contribution < -0.4 is 4.74 Å². The standard InChI is InChI=1S/C13H16N4OS/c1-9(2)8-19-13-14-15-16-17(13)11-7-10(3)5-6-12(11)18-4/h5-7H,1,8H2,2-4H3. The van der Waals surface area contributed by atoms with E-state index in [1.54, 1.807) is 23.6 Å². The number of ether oxygens (including phenoxy) is 1. The number of aromatic nitrogens is 4. The van der Waals surface area contributed by atoms with E-state index in [0.29, 0.717) is 0 Å². The number of nitrogens with zero attached hydrogens (tertiary/aromatic N) is 4. The first-order valence-electron chi connectivity index (χ1n) is 5.82. The third-order valence-corrected chi connectivity index (χ3v) is 3.60. The molecule has 0 bridgehead atoms. The lowest BCUT2D eigenvalue weighted by Crippen LogP contribution is -2.02. The number of thioether (sulfide) groups is 1. The summed E-state index contributed by atoms with van der Waals surface area (Å²) in [4.78, 5) is 0. The molecular weight excluding hydrogens is 260 g/mol. The summed E-state index contributed by atoms with van der Waals surface area (Å²) in [5.74, 6) is 1.53. The number of benzene rings is 1. The van der Waals surface area contributed by atoms with Crippen LogP contribution in [0.1, 0.15) is 12.5 Å². The van der Waals surface area contributed by atoms with Crippen LogP contribution in [0.15, 0.2) is 35.5 Å². The second-order valence-electron chi connectivity index (χ2n) is 4.29. The maximum atomic E-state index is 5.36. The Morgan fingerprint density at radius 1 is 1.47 bits per heavy atom. The van der Waals surface area contributed by atoms with E-state index >= 15 is 0 Å². The third kappa shape index (κ3) is 3.14. The number of rotatable bonds is 5. The van der Waals surface area contributed by atoms with Crippen LogP contribution in [0.3, 0.4) is 0 Å². The molecule has 1 aromatic heterocycles. The van der Waals surface area contributed by atoms with Crippen LogP contribution in [-0.4, -0.2) is 33.1 Å². The molecule has 2 aromatic rings. The van der Waals surface area contributed by atoms with E-state index in [9.17, 15) is 0 Å². The van der Waals surface area contributed by atoms with Crippen molar-refractivity contribution in [1.29, 1.82) is 0 Å². The fraction of sp³-hybridized carbons (Fsp3) is 0.308. The van der Waals surface area contributed by atoms with Gasteiger partial charge in [-0.25, -0.2) is 0 Å². The van der Waals surface area contributed by atoms with Gasteiger partial charge in [-0.3, -0.25) is 0 Å². The lowest BCUT2D eigenvalue weighted by Gasteiger charge is -2.10. The molecule has 1 aromatic carbocycles. The quantitative estimate of drug-likeness (QED) is 0.620. The highest BCUT2D eigenvalue weighted by Gasteiger charge is 2.13. The Bertz CT molecular complexity index is 594. The van der Waals surface area contributed by atoms with Gasteiger partial charge in [-0.2, -0.15) is 4.68 Å². The van der Waals surface area contributed by atoms with Crippen molar-refractivity contribution in [1.82, 2.24) is 20.2 Å². The van der Waals surface area contributed by atoms with Crippen molar-refractivity contribution in [3.05, 3.63) is 35.9 Å². The Kier molecular flexibility index (Phi) is 4.21. The molecule has 0 aliphatic rings. The Balaban J connectivity index is 2.39. The SMILES string of the molecule is C=C(C)CSc1nnnn1-c1cc(C)ccc1OC. The summed E-state index contributed by atoms with van der Waals surface area (Å²) in [5.41, 5.74) is 3.05. The van der Waals surface area contributed by atoms with E-state index in [1.165, 1.54) is 0 Å². The van der Waals surface area contributed by atoms with Crippen LogP contribution in [0.5, 0.6) is 5.75 Å². The van der Waals surface area contributed by atoms with Crippen molar-refractivity contribution in [2.24, 2.45) is 0 Å². The summed E-state index contributed by atoms with van der Waals surface area (Å²) in [5, 5.41) is 12.5. The van der Waals surface area contributed by atoms with Crippen molar-refractivity contribution >= 4 is 11.8 Å². The van der Waals surface area contributed by atoms with Gasteiger partial charge in [-0.05, 0) is 42.0 Å². The van der Waals surface area contributed by atoms with E-state index in [0.717, 1.165) is 33.5 Å². The lowest BCUT2D eigenvalue weighted by atomic mass is 10.2. The van der Waals surface area contributed by atoms with Crippen LogP contribution in [0.4, 0.5) is 0 Å². The predicted molar refractivity (Wildman–Crippen MR) is 76.0 cm³/mol. The zero-order valence-electron chi connectivity index (χ0n) is 11.3. The molecule has 0 unspecified atom stereocenters. The molecule has 0 atom stereocenters. The fourth-order valence-electron chi connectivity index (χ4n) is 1.57. The Morgan fingerprint density at radius 3 is 2.95 bits per heavy atom. The minimum atomic E-state index is 0.729. The van der Waals surface area contributed by atoms with Crippen LogP contribution in [0, 0.1) is 6.92 Å². The first-order valence-corrected chi connectivity index (χ1v) is 6.81. The number of hydrogen-bond donors (Lipinski definition) is 0. The molecule has 0 saturated carbocycles. The topological polar surface area (TPSA) is 52.8 Å². The van der Waals surface area contributed by atoms with Gasteiger partial charge in [0.1, 0.15) is 11.4 Å². The number of tetrazole rings is 1. The van der Waals surface area contributed by atoms with Gasteiger partial charge in [0.25, 0.3) is 0 Å². The molecule has 5 nitrogen and oxygen atoms in total. The van der Waals surface area contributed by atoms with Gasteiger partial charge in [0, 0.05) is 5.75 Å². The first-order chi connectivity index (χ1) is 9.11. The van der Waals surface area contributed by atoms with E-state index < -0.39 is 0 Å². The zero-order valence-corrected chi connectivity index (χ0v) is 12.1. The smallest absolute Gasteiger partial charge is 0.214 e. The predicted octanol–water partition coefficient (Wildman–Crippen LogP) is 2.65. The minimum Gasteiger partial charge on any atom is -0.494 e. The van der Waals surface area contributed by atoms with Crippen molar-refractivity contribution in [3.63, 3.8) is 0 Å². The summed E-state index contributed by atoms with van der Waals surface area (Å²) in [6, 6.07) is 5.91. The minimum absolute atomic E-state index is 0.729. The Morgan fingerprint density at radius 2 is 2.26 bits per heavy atom. The number of aryl methyl sites for hydroxylation is 1. The first kappa shape index (κ1) is 13.6. The Hall–Kier alpha value is -1.82. The second kappa shape index (κ2) is 5.88. The van der Waals surface area contributed by atoms with Crippen molar-refractivity contribution in [3.8, 4) is 11.4 Å². The molecule has 0 aliphatic heterocycles. The summed E-state index contributed by atoms with van der Waals surface area (Å²) in [6.07, 6.45) is 0. The molecule has 0 saturated heterocycles. The fourth-order valence-corrected chi connectivity index (χ4v) is 2.30. The molecule has 0 radical (unpaired) electrons. The number of methoxy groups -OCH3 is 1. The Labute approximate surface area is 116 Å². The average molecular weight is 276 g/mol. The molecule has 6 heteroatoms. The monoisotopic (exact) mass is 276 g/mol. The van der Waals surface area contributed by atoms with E-state index in [2.05, 4.69) is 22.1 Å². The van der Waals surface area contributed by atoms with Crippen molar-refractivity contribution in [2.75, 3.05) is 12.9 Å². The summed E-state index contributed by atoms with van der Waals surface area (Å²) in [7, 11) is 1.64. The number of hydrogen-bond acceptors (Lipinski definition) is 5. The van der Waals surface area contributed by atoms with Crippen LogP contribution in [0.2, 0.25) is 0 Å². The normalized spacial score (nSPS) is 10.5. The summed E-state index contributed by atoms with van der Waals surface area (Å²) >= 11 is 1.55. The van der Waals surface area contributed by atoms with Crippen LogP contribution in [-0.2, 0) is 0 Å². The van der Waals surface area contributed by atoms with Gasteiger partial charge in [0.05, 0.1) is 7.11 Å². The van der Waals surface area contributed by atoms with Crippen LogP contribution >= 0.6 is 11.8 Å². The highest BCUT2D eigenvalue weighted by Crippen LogP contribution is 2.27. The zero-order chi connectivity index (χ0) is 13.8.